The average molecular weight is 388 g/mol. The van der Waals surface area contributed by atoms with Crippen molar-refractivity contribution in [1.29, 1.82) is 0 Å². The zero-order valence-corrected chi connectivity index (χ0v) is 16.3. The van der Waals surface area contributed by atoms with Crippen LogP contribution >= 0.6 is 0 Å². The van der Waals surface area contributed by atoms with Gasteiger partial charge in [-0.2, -0.15) is 0 Å². The van der Waals surface area contributed by atoms with Gasteiger partial charge in [-0.05, 0) is 50.4 Å². The molecule has 1 fully saturated rings. The SMILES string of the molecule is CC(=O)C[C@@H]1C2=C(O)[C@@H](CC[C@H](O)C[C@H]3C=C[C@@H]4C(=O)[C@H](C)C[C@@H]4[C@H]31)OC2=O. The van der Waals surface area contributed by atoms with Gasteiger partial charge in [0.15, 0.2) is 6.10 Å². The van der Waals surface area contributed by atoms with E-state index in [1.54, 1.807) is 0 Å². The molecular formula is C22H28O6. The van der Waals surface area contributed by atoms with E-state index in [2.05, 4.69) is 0 Å². The summed E-state index contributed by atoms with van der Waals surface area (Å²) in [6.07, 6.45) is 4.75. The minimum atomic E-state index is -0.748. The molecule has 1 saturated carbocycles. The third-order valence-electron chi connectivity index (χ3n) is 7.15. The second-order valence-electron chi connectivity index (χ2n) is 9.03. The van der Waals surface area contributed by atoms with Crippen molar-refractivity contribution in [2.45, 2.75) is 58.2 Å². The zero-order valence-electron chi connectivity index (χ0n) is 16.3. The minimum Gasteiger partial charge on any atom is -0.508 e. The van der Waals surface area contributed by atoms with Crippen molar-refractivity contribution in [3.63, 3.8) is 0 Å². The monoisotopic (exact) mass is 388 g/mol. The molecule has 0 aromatic heterocycles. The zero-order chi connectivity index (χ0) is 20.2. The summed E-state index contributed by atoms with van der Waals surface area (Å²) < 4.78 is 5.39. The predicted octanol–water partition coefficient (Wildman–Crippen LogP) is 2.51. The summed E-state index contributed by atoms with van der Waals surface area (Å²) in [5.41, 5.74) is 0.215. The number of ether oxygens (including phenoxy) is 1. The molecule has 1 aliphatic heterocycles. The molecule has 152 valence electrons. The summed E-state index contributed by atoms with van der Waals surface area (Å²) in [6, 6.07) is 0. The normalized spacial score (nSPS) is 42.8. The number of hydrogen-bond acceptors (Lipinski definition) is 6. The average Bonchev–Trinajstić information content (AvgIpc) is 3.06. The number of aliphatic hydroxyl groups is 2. The van der Waals surface area contributed by atoms with Crippen LogP contribution in [-0.2, 0) is 19.1 Å². The summed E-state index contributed by atoms with van der Waals surface area (Å²) in [7, 11) is 0. The minimum absolute atomic E-state index is 0.000580. The van der Waals surface area contributed by atoms with Crippen LogP contribution in [0.15, 0.2) is 23.5 Å². The quantitative estimate of drug-likeness (QED) is 0.557. The van der Waals surface area contributed by atoms with Crippen LogP contribution in [-0.4, -0.2) is 40.0 Å². The highest BCUT2D eigenvalue weighted by atomic mass is 16.6. The number of fused-ring (bicyclic) bond motifs is 4. The molecule has 0 aromatic carbocycles. The molecule has 2 N–H and O–H groups in total. The Hall–Kier alpha value is -1.95. The maximum absolute atomic E-state index is 12.7. The molecule has 8 atom stereocenters. The molecule has 0 spiro atoms. The van der Waals surface area contributed by atoms with Gasteiger partial charge in [-0.25, -0.2) is 4.79 Å². The molecule has 6 heteroatoms. The Morgan fingerprint density at radius 2 is 1.96 bits per heavy atom. The van der Waals surface area contributed by atoms with E-state index in [1.807, 2.05) is 19.1 Å². The number of carbonyl (C=O) groups is 3. The Balaban J connectivity index is 1.84. The fourth-order valence-electron chi connectivity index (χ4n) is 5.96. The lowest BCUT2D eigenvalue weighted by molar-refractivity contribution is -0.141. The molecule has 6 nitrogen and oxygen atoms in total. The molecule has 2 bridgehead atoms. The summed E-state index contributed by atoms with van der Waals surface area (Å²) in [5, 5.41) is 21.3. The fraction of sp³-hybridized carbons (Fsp3) is 0.682. The van der Waals surface area contributed by atoms with Crippen molar-refractivity contribution in [3.8, 4) is 0 Å². The van der Waals surface area contributed by atoms with Gasteiger partial charge >= 0.3 is 5.97 Å². The number of aliphatic hydroxyl groups excluding tert-OH is 2. The maximum Gasteiger partial charge on any atom is 0.338 e. The third kappa shape index (κ3) is 3.11. The van der Waals surface area contributed by atoms with Crippen LogP contribution < -0.4 is 0 Å². The van der Waals surface area contributed by atoms with Crippen LogP contribution in [0, 0.1) is 35.5 Å². The van der Waals surface area contributed by atoms with Crippen molar-refractivity contribution >= 4 is 17.5 Å². The van der Waals surface area contributed by atoms with Crippen LogP contribution in [0.5, 0.6) is 0 Å². The third-order valence-corrected chi connectivity index (χ3v) is 7.15. The molecule has 3 aliphatic carbocycles. The van der Waals surface area contributed by atoms with E-state index in [4.69, 9.17) is 4.74 Å². The van der Waals surface area contributed by atoms with Gasteiger partial charge in [0.1, 0.15) is 17.3 Å². The van der Waals surface area contributed by atoms with Crippen LogP contribution in [0.4, 0.5) is 0 Å². The van der Waals surface area contributed by atoms with Crippen molar-refractivity contribution in [2.24, 2.45) is 35.5 Å². The lowest BCUT2D eigenvalue weighted by Gasteiger charge is -2.41. The summed E-state index contributed by atoms with van der Waals surface area (Å²) >= 11 is 0. The molecule has 0 radical (unpaired) electrons. The number of rotatable bonds is 2. The molecule has 0 amide bonds. The van der Waals surface area contributed by atoms with Crippen LogP contribution in [0.2, 0.25) is 0 Å². The fourth-order valence-corrected chi connectivity index (χ4v) is 5.96. The second-order valence-corrected chi connectivity index (χ2v) is 9.03. The lowest BCUT2D eigenvalue weighted by Crippen LogP contribution is -2.39. The van der Waals surface area contributed by atoms with Crippen molar-refractivity contribution in [2.75, 3.05) is 0 Å². The van der Waals surface area contributed by atoms with Crippen molar-refractivity contribution < 1.29 is 29.3 Å². The van der Waals surface area contributed by atoms with Gasteiger partial charge in [0.25, 0.3) is 0 Å². The van der Waals surface area contributed by atoms with E-state index in [1.165, 1.54) is 6.92 Å². The van der Waals surface area contributed by atoms with Gasteiger partial charge in [-0.3, -0.25) is 4.79 Å². The van der Waals surface area contributed by atoms with Crippen LogP contribution in [0.1, 0.15) is 46.0 Å². The first-order chi connectivity index (χ1) is 13.3. The van der Waals surface area contributed by atoms with Gasteiger partial charge in [0.2, 0.25) is 0 Å². The van der Waals surface area contributed by atoms with Gasteiger partial charge in [-0.1, -0.05) is 19.1 Å². The molecule has 0 saturated heterocycles. The molecule has 4 aliphatic rings. The molecule has 0 unspecified atom stereocenters. The topological polar surface area (TPSA) is 101 Å². The number of ketones is 2. The summed E-state index contributed by atoms with van der Waals surface area (Å²) in [6.45, 7) is 3.41. The number of carbonyl (C=O) groups excluding carboxylic acids is 3. The number of esters is 1. The van der Waals surface area contributed by atoms with Crippen molar-refractivity contribution in [3.05, 3.63) is 23.5 Å². The van der Waals surface area contributed by atoms with Crippen molar-refractivity contribution in [1.82, 2.24) is 0 Å². The first kappa shape index (κ1) is 19.4. The maximum atomic E-state index is 12.7. The first-order valence-electron chi connectivity index (χ1n) is 10.3. The first-order valence-corrected chi connectivity index (χ1v) is 10.3. The Kier molecular flexibility index (Phi) is 4.94. The van der Waals surface area contributed by atoms with Gasteiger partial charge in [0, 0.05) is 24.2 Å². The van der Waals surface area contributed by atoms with Crippen LogP contribution in [0.25, 0.3) is 0 Å². The van der Waals surface area contributed by atoms with E-state index in [0.717, 1.165) is 0 Å². The van der Waals surface area contributed by atoms with E-state index in [0.29, 0.717) is 25.7 Å². The smallest absolute Gasteiger partial charge is 0.338 e. The number of allylic oxidation sites excluding steroid dienone is 2. The molecule has 1 heterocycles. The highest BCUT2D eigenvalue weighted by molar-refractivity contribution is 5.93. The van der Waals surface area contributed by atoms with E-state index < -0.39 is 24.1 Å². The molecule has 28 heavy (non-hydrogen) atoms. The van der Waals surface area contributed by atoms with E-state index >= 15 is 0 Å². The van der Waals surface area contributed by atoms with E-state index in [9.17, 15) is 24.6 Å². The highest BCUT2D eigenvalue weighted by Gasteiger charge is 2.53. The highest BCUT2D eigenvalue weighted by Crippen LogP contribution is 2.52. The molecule has 4 rings (SSSR count). The Morgan fingerprint density at radius 1 is 1.21 bits per heavy atom. The van der Waals surface area contributed by atoms with Gasteiger partial charge in [-0.15, -0.1) is 0 Å². The largest absolute Gasteiger partial charge is 0.508 e. The second kappa shape index (κ2) is 7.14. The Morgan fingerprint density at radius 3 is 2.68 bits per heavy atom. The van der Waals surface area contributed by atoms with Gasteiger partial charge < -0.3 is 19.7 Å². The summed E-state index contributed by atoms with van der Waals surface area (Å²) in [4.78, 5) is 37.4. The molecular weight excluding hydrogens is 360 g/mol. The summed E-state index contributed by atoms with van der Waals surface area (Å²) in [5.74, 6) is -1.52. The predicted molar refractivity (Wildman–Crippen MR) is 100 cm³/mol. The number of Topliss-reactive ketones (excluding diaryl/α,β-unsaturated/α-hetero) is 2. The van der Waals surface area contributed by atoms with Gasteiger partial charge in [0.05, 0.1) is 11.7 Å². The number of hydrogen-bond donors (Lipinski definition) is 2. The Labute approximate surface area is 164 Å². The van der Waals surface area contributed by atoms with Crippen LogP contribution in [0.3, 0.4) is 0 Å². The molecule has 0 aromatic rings. The van der Waals surface area contributed by atoms with E-state index in [-0.39, 0.29) is 58.9 Å². The Bertz CT molecular complexity index is 765. The standard InChI is InChI=1S/C22H28O6/c1-10-7-15-14(20(10)25)5-3-12-9-13(24)4-6-17-21(26)19(22(27)28-17)16(18(12)15)8-11(2)23/h3,5,10,12-18,24,26H,4,6-9H2,1-2H3/t10-,12-,13+,14+,15+,16+,17-,18+/m1/s1. The lowest BCUT2D eigenvalue weighted by atomic mass is 9.61.